The topological polar surface area (TPSA) is 115 Å². The second-order valence-electron chi connectivity index (χ2n) is 8.31. The number of methoxy groups -OCH3 is 1. The maximum atomic E-state index is 13.9. The number of nitrogens with two attached hydrogens (primary N) is 1. The number of benzene rings is 1. The Labute approximate surface area is 194 Å². The molecule has 1 amide bonds. The first-order valence-corrected chi connectivity index (χ1v) is 10.8. The van der Waals surface area contributed by atoms with Crippen LogP contribution in [0.1, 0.15) is 0 Å². The molecule has 3 heterocycles. The van der Waals surface area contributed by atoms with E-state index in [0.29, 0.717) is 48.1 Å². The van der Waals surface area contributed by atoms with E-state index in [1.165, 1.54) is 11.7 Å². The fourth-order valence-corrected chi connectivity index (χ4v) is 4.27. The van der Waals surface area contributed by atoms with Gasteiger partial charge in [-0.1, -0.05) is 0 Å². The van der Waals surface area contributed by atoms with E-state index < -0.39 is 24.4 Å². The molecule has 0 fully saturated rings. The number of nitrogens with zero attached hydrogens (tertiary/aromatic N) is 4. The van der Waals surface area contributed by atoms with Gasteiger partial charge in [0.05, 0.1) is 25.3 Å². The molecule has 2 aliphatic heterocycles. The van der Waals surface area contributed by atoms with Crippen LogP contribution in [0, 0.1) is 0 Å². The Morgan fingerprint density at radius 1 is 1.47 bits per heavy atom. The minimum absolute atomic E-state index is 0.104. The maximum Gasteiger partial charge on any atom is 0.342 e. The molecule has 2 aromatic rings. The maximum absolute atomic E-state index is 13.9. The minimum atomic E-state index is -2.66. The zero-order chi connectivity index (χ0) is 24.4. The standard InChI is InChI=1S/C22H26F2N6O4/c1-28-8-14(11-31)30(17(9-28)20(23)24)19-10-29-5-6-34-18-7-13(3-4-15(18)22(29)27-19)26-16(12-33-2)21(25)32/h3-4,7,10-11,16-17,20H,5-6,8-9,12H2,1-2H3,(H2-,25,26,27,32)/p+1/t16-,17-/m0/s1. The highest BCUT2D eigenvalue weighted by molar-refractivity contribution is 6.27. The second-order valence-corrected chi connectivity index (χ2v) is 8.31. The molecule has 1 aromatic carbocycles. The van der Waals surface area contributed by atoms with Crippen LogP contribution in [0.25, 0.3) is 11.4 Å². The van der Waals surface area contributed by atoms with Crippen molar-refractivity contribution in [3.8, 4) is 17.1 Å². The number of carbonyl (C=O) groups excluding carboxylic acids is 2. The number of hydrogen-bond donors (Lipinski definition) is 2. The number of nitrogens with one attached hydrogen (secondary N) is 1. The third-order valence-corrected chi connectivity index (χ3v) is 5.84. The van der Waals surface area contributed by atoms with Crippen LogP contribution >= 0.6 is 0 Å². The van der Waals surface area contributed by atoms with Gasteiger partial charge in [-0.3, -0.25) is 14.5 Å². The quantitative estimate of drug-likeness (QED) is 0.425. The zero-order valence-corrected chi connectivity index (χ0v) is 18.9. The van der Waals surface area contributed by atoms with Crippen molar-refractivity contribution in [1.82, 2.24) is 14.5 Å². The number of rotatable bonds is 8. The molecule has 34 heavy (non-hydrogen) atoms. The van der Waals surface area contributed by atoms with Crippen molar-refractivity contribution in [3.63, 3.8) is 0 Å². The summed E-state index contributed by atoms with van der Waals surface area (Å²) in [5, 5.41) is 3.02. The largest absolute Gasteiger partial charge is 0.491 e. The Morgan fingerprint density at radius 2 is 2.26 bits per heavy atom. The minimum Gasteiger partial charge on any atom is -0.491 e. The summed E-state index contributed by atoms with van der Waals surface area (Å²) in [6.45, 7) is 1.23. The van der Waals surface area contributed by atoms with Gasteiger partial charge in [-0.15, -0.1) is 0 Å². The van der Waals surface area contributed by atoms with E-state index in [9.17, 15) is 18.4 Å². The predicted octanol–water partition coefficient (Wildman–Crippen LogP) is 0.718. The van der Waals surface area contributed by atoms with Crippen LogP contribution in [-0.2, 0) is 20.9 Å². The number of ether oxygens (including phenoxy) is 2. The van der Waals surface area contributed by atoms with E-state index in [1.807, 2.05) is 4.57 Å². The number of aromatic nitrogens is 2. The molecule has 1 aromatic heterocycles. The summed E-state index contributed by atoms with van der Waals surface area (Å²) in [4.78, 5) is 29.7. The predicted molar refractivity (Wildman–Crippen MR) is 120 cm³/mol. The molecule has 2 aliphatic rings. The fourth-order valence-electron chi connectivity index (χ4n) is 4.27. The van der Waals surface area contributed by atoms with Crippen LogP contribution in [0.15, 0.2) is 24.4 Å². The smallest absolute Gasteiger partial charge is 0.342 e. The van der Waals surface area contributed by atoms with Gasteiger partial charge < -0.3 is 25.1 Å². The summed E-state index contributed by atoms with van der Waals surface area (Å²) in [6.07, 6.45) is -0.375. The van der Waals surface area contributed by atoms with Gasteiger partial charge in [0, 0.05) is 25.4 Å². The Morgan fingerprint density at radius 3 is 2.94 bits per heavy atom. The molecule has 182 valence electrons. The molecule has 0 radical (unpaired) electrons. The number of alkyl halides is 2. The summed E-state index contributed by atoms with van der Waals surface area (Å²) >= 11 is 0. The van der Waals surface area contributed by atoms with Crippen molar-refractivity contribution in [2.75, 3.05) is 45.8 Å². The van der Waals surface area contributed by atoms with Crippen LogP contribution in [0.2, 0.25) is 0 Å². The van der Waals surface area contributed by atoms with Crippen LogP contribution in [0.5, 0.6) is 5.75 Å². The highest BCUT2D eigenvalue weighted by Gasteiger charge is 2.40. The molecular formula is C22H27F2N6O4+. The molecule has 3 N–H and O–H groups in total. The number of carbonyl (C=O) groups is 2. The molecule has 0 saturated heterocycles. The van der Waals surface area contributed by atoms with Crippen LogP contribution in [0.4, 0.5) is 20.3 Å². The number of fused-ring (bicyclic) bond motifs is 3. The highest BCUT2D eigenvalue weighted by atomic mass is 19.3. The van der Waals surface area contributed by atoms with Gasteiger partial charge >= 0.3 is 5.82 Å². The lowest BCUT2D eigenvalue weighted by Crippen LogP contribution is -2.51. The van der Waals surface area contributed by atoms with Crippen LogP contribution in [-0.4, -0.2) is 95.9 Å². The number of amides is 1. The van der Waals surface area contributed by atoms with Crippen LogP contribution < -0.4 is 15.8 Å². The lowest BCUT2D eigenvalue weighted by Gasteiger charge is -2.29. The average molecular weight is 477 g/mol. The van der Waals surface area contributed by atoms with E-state index in [4.69, 9.17) is 15.2 Å². The molecule has 0 saturated carbocycles. The summed E-state index contributed by atoms with van der Waals surface area (Å²) in [7, 11) is 3.18. The summed E-state index contributed by atoms with van der Waals surface area (Å²) < 4.78 is 41.9. The first kappa shape index (κ1) is 23.8. The Bertz CT molecular complexity index is 1120. The summed E-state index contributed by atoms with van der Waals surface area (Å²) in [6, 6.07) is 3.34. The van der Waals surface area contributed by atoms with Crippen molar-refractivity contribution in [1.29, 1.82) is 0 Å². The molecular weight excluding hydrogens is 450 g/mol. The van der Waals surface area contributed by atoms with Crippen molar-refractivity contribution in [3.05, 3.63) is 24.4 Å². The van der Waals surface area contributed by atoms with E-state index in [-0.39, 0.29) is 25.4 Å². The molecule has 0 aliphatic carbocycles. The van der Waals surface area contributed by atoms with Gasteiger partial charge in [-0.2, -0.15) is 0 Å². The number of primary amides is 1. The van der Waals surface area contributed by atoms with Crippen molar-refractivity contribution in [2.24, 2.45) is 5.73 Å². The first-order valence-electron chi connectivity index (χ1n) is 10.8. The first-order chi connectivity index (χ1) is 16.3. The zero-order valence-electron chi connectivity index (χ0n) is 18.9. The average Bonchev–Trinajstić information content (AvgIpc) is 3.13. The third kappa shape index (κ3) is 4.64. The molecule has 4 rings (SSSR count). The lowest BCUT2D eigenvalue weighted by molar-refractivity contribution is -0.511. The van der Waals surface area contributed by atoms with E-state index in [1.54, 1.807) is 36.3 Å². The second kappa shape index (κ2) is 9.85. The molecule has 2 atom stereocenters. The third-order valence-electron chi connectivity index (χ3n) is 5.84. The van der Waals surface area contributed by atoms with Crippen molar-refractivity contribution < 1.29 is 32.4 Å². The van der Waals surface area contributed by atoms with Gasteiger partial charge in [0.1, 0.15) is 24.6 Å². The van der Waals surface area contributed by atoms with Crippen molar-refractivity contribution >= 4 is 29.4 Å². The number of imidazole rings is 1. The van der Waals surface area contributed by atoms with E-state index >= 15 is 0 Å². The monoisotopic (exact) mass is 477 g/mol. The van der Waals surface area contributed by atoms with Crippen molar-refractivity contribution in [2.45, 2.75) is 25.1 Å². The van der Waals surface area contributed by atoms with Gasteiger partial charge in [0.25, 0.3) is 12.2 Å². The van der Waals surface area contributed by atoms with E-state index in [2.05, 4.69) is 10.3 Å². The molecule has 12 heteroatoms. The summed E-state index contributed by atoms with van der Waals surface area (Å²) in [5.41, 5.74) is 6.92. The lowest BCUT2D eigenvalue weighted by atomic mass is 10.1. The Kier molecular flexibility index (Phi) is 6.89. The number of hydrogen-bond acceptors (Lipinski definition) is 7. The number of anilines is 1. The van der Waals surface area contributed by atoms with Gasteiger partial charge in [0.15, 0.2) is 18.0 Å². The number of likely N-dealkylation sites (N-methyl/N-ethyl adjacent to an activating group) is 1. The molecule has 10 nitrogen and oxygen atoms in total. The van der Waals surface area contributed by atoms with Gasteiger partial charge in [0.2, 0.25) is 5.91 Å². The molecule has 0 unspecified atom stereocenters. The number of aldehydes is 1. The SMILES string of the molecule is COC[C@H](Nc1ccc2c(c1)OCCn1cc([N+]3=C(C=O)CN(C)C[C@H]3C(F)F)nc1-2)C(N)=O. The molecule has 0 spiro atoms. The van der Waals surface area contributed by atoms with E-state index in [0.717, 1.165) is 0 Å². The van der Waals surface area contributed by atoms with Gasteiger partial charge in [-0.25, -0.2) is 13.4 Å². The number of halogens is 2. The normalized spacial score (nSPS) is 19.1. The van der Waals surface area contributed by atoms with Gasteiger partial charge in [-0.05, 0) is 24.2 Å². The molecule has 0 bridgehead atoms. The Balaban J connectivity index is 1.72. The highest BCUT2D eigenvalue weighted by Crippen LogP contribution is 2.36. The fraction of sp³-hybridized carbons (Fsp3) is 0.455. The Hall–Kier alpha value is -3.38. The van der Waals surface area contributed by atoms with Crippen LogP contribution in [0.3, 0.4) is 0 Å². The summed E-state index contributed by atoms with van der Waals surface area (Å²) in [5.74, 6) is 0.792.